The molecule has 2 atom stereocenters. The lowest BCUT2D eigenvalue weighted by atomic mass is 9.97. The molecule has 0 saturated carbocycles. The van der Waals surface area contributed by atoms with Gasteiger partial charge in [-0.3, -0.25) is 14.4 Å². The van der Waals surface area contributed by atoms with Crippen molar-refractivity contribution in [1.82, 2.24) is 14.7 Å². The lowest BCUT2D eigenvalue weighted by molar-refractivity contribution is -0.119. The van der Waals surface area contributed by atoms with Gasteiger partial charge in [0.25, 0.3) is 0 Å². The molecule has 0 radical (unpaired) electrons. The summed E-state index contributed by atoms with van der Waals surface area (Å²) in [4.78, 5) is 14.2. The maximum absolute atomic E-state index is 11.9. The molecule has 0 bridgehead atoms. The van der Waals surface area contributed by atoms with E-state index in [1.807, 2.05) is 13.1 Å². The van der Waals surface area contributed by atoms with Crippen LogP contribution in [0.4, 0.5) is 0 Å². The molecule has 2 unspecified atom stereocenters. The number of rotatable bonds is 6. The number of aromatic nitrogens is 2. The molecule has 118 valence electrons. The van der Waals surface area contributed by atoms with Gasteiger partial charge >= 0.3 is 0 Å². The molecule has 2 rings (SSSR count). The van der Waals surface area contributed by atoms with Crippen LogP contribution < -0.4 is 0 Å². The first-order valence-electron chi connectivity index (χ1n) is 7.87. The summed E-state index contributed by atoms with van der Waals surface area (Å²) in [7, 11) is 0. The third-order valence-electron chi connectivity index (χ3n) is 4.19. The molecule has 0 spiro atoms. The molecule has 1 saturated heterocycles. The van der Waals surface area contributed by atoms with Gasteiger partial charge in [-0.15, -0.1) is 0 Å². The van der Waals surface area contributed by atoms with E-state index in [0.29, 0.717) is 24.2 Å². The maximum atomic E-state index is 11.9. The summed E-state index contributed by atoms with van der Waals surface area (Å²) in [6.07, 6.45) is 6.57. The van der Waals surface area contributed by atoms with Gasteiger partial charge < -0.3 is 0 Å². The minimum Gasteiger partial charge on any atom is -0.297 e. The van der Waals surface area contributed by atoms with Gasteiger partial charge in [0, 0.05) is 19.3 Å². The van der Waals surface area contributed by atoms with Gasteiger partial charge in [0.05, 0.1) is 16.7 Å². The molecule has 4 nitrogen and oxygen atoms in total. The van der Waals surface area contributed by atoms with Crippen molar-refractivity contribution in [2.75, 3.05) is 19.6 Å². The zero-order valence-electron chi connectivity index (χ0n) is 13.3. The fourth-order valence-corrected chi connectivity index (χ4v) is 3.03. The van der Waals surface area contributed by atoms with Crippen molar-refractivity contribution in [3.8, 4) is 0 Å². The zero-order valence-corrected chi connectivity index (χ0v) is 15.4. The van der Waals surface area contributed by atoms with E-state index in [9.17, 15) is 4.79 Å². The normalized spacial score (nSPS) is 21.7. The topological polar surface area (TPSA) is 38.1 Å². The molecule has 0 N–H and O–H groups in total. The fraction of sp³-hybridized carbons (Fsp3) is 0.750. The van der Waals surface area contributed by atoms with Gasteiger partial charge in [-0.25, -0.2) is 0 Å². The lowest BCUT2D eigenvalue weighted by Gasteiger charge is -2.32. The molecule has 0 aromatic carbocycles. The minimum atomic E-state index is 0.114. The van der Waals surface area contributed by atoms with E-state index < -0.39 is 0 Å². The molecule has 5 heteroatoms. The Morgan fingerprint density at radius 1 is 1.48 bits per heavy atom. The van der Waals surface area contributed by atoms with E-state index in [2.05, 4.69) is 57.3 Å². The highest BCUT2D eigenvalue weighted by Crippen LogP contribution is 2.20. The number of alkyl halides is 1. The van der Waals surface area contributed by atoms with Crippen LogP contribution in [-0.4, -0.2) is 44.0 Å². The number of ketones is 1. The number of likely N-dealkylation sites (tertiary alicyclic amines) is 1. The molecular weight excluding hydrogens is 377 g/mol. The average Bonchev–Trinajstić information content (AvgIpc) is 2.87. The van der Waals surface area contributed by atoms with Crippen LogP contribution in [0.1, 0.15) is 45.1 Å². The highest BCUT2D eigenvalue weighted by molar-refractivity contribution is 14.1. The number of piperidine rings is 1. The molecule has 2 heterocycles. The van der Waals surface area contributed by atoms with Crippen molar-refractivity contribution >= 4 is 28.4 Å². The second-order valence-corrected chi connectivity index (χ2v) is 8.34. The van der Waals surface area contributed by atoms with Crippen LogP contribution in [0.5, 0.6) is 0 Å². The molecule has 1 fully saturated rings. The van der Waals surface area contributed by atoms with E-state index in [0.717, 1.165) is 19.6 Å². The molecule has 1 aliphatic heterocycles. The molecule has 1 aromatic rings. The summed E-state index contributed by atoms with van der Waals surface area (Å²) < 4.78 is 2.19. The quantitative estimate of drug-likeness (QED) is 0.541. The number of Topliss-reactive ketones (excluding diaryl/α,β-unsaturated/α-hetero) is 1. The molecule has 1 aliphatic rings. The van der Waals surface area contributed by atoms with Crippen LogP contribution >= 0.6 is 22.6 Å². The monoisotopic (exact) mass is 403 g/mol. The maximum Gasteiger partial charge on any atom is 0.159 e. The predicted octanol–water partition coefficient (Wildman–Crippen LogP) is 3.11. The van der Waals surface area contributed by atoms with Crippen LogP contribution in [0.25, 0.3) is 0 Å². The first-order chi connectivity index (χ1) is 9.95. The van der Waals surface area contributed by atoms with E-state index >= 15 is 0 Å². The van der Waals surface area contributed by atoms with Crippen LogP contribution in [0.3, 0.4) is 0 Å². The minimum absolute atomic E-state index is 0.114. The Bertz CT molecular complexity index is 470. The first-order valence-corrected chi connectivity index (χ1v) is 9.11. The van der Waals surface area contributed by atoms with Crippen molar-refractivity contribution in [1.29, 1.82) is 0 Å². The summed E-state index contributed by atoms with van der Waals surface area (Å²) >= 11 is 2.21. The third kappa shape index (κ3) is 5.06. The molecule has 1 aromatic heterocycles. The summed E-state index contributed by atoms with van der Waals surface area (Å²) in [5.41, 5.74) is 1.30. The van der Waals surface area contributed by atoms with Crippen LogP contribution in [-0.2, 0) is 11.3 Å². The van der Waals surface area contributed by atoms with E-state index in [-0.39, 0.29) is 3.92 Å². The Hall–Kier alpha value is -0.430. The molecule has 21 heavy (non-hydrogen) atoms. The lowest BCUT2D eigenvalue weighted by Crippen LogP contribution is -2.41. The summed E-state index contributed by atoms with van der Waals surface area (Å²) in [5.74, 6) is 1.48. The smallest absolute Gasteiger partial charge is 0.159 e. The number of hydrogen-bond donors (Lipinski definition) is 0. The van der Waals surface area contributed by atoms with Gasteiger partial charge in [-0.1, -0.05) is 36.4 Å². The average molecular weight is 403 g/mol. The standard InChI is InChI=1S/C16H26IN3O/c1-12(2)15-7-18-20(10-15)9-14-5-4-6-19(8-14)11-16(21)13(3)17/h7,10,12-14H,4-6,8-9,11H2,1-3H3. The summed E-state index contributed by atoms with van der Waals surface area (Å²) in [6, 6.07) is 0. The van der Waals surface area contributed by atoms with Crippen molar-refractivity contribution in [3.63, 3.8) is 0 Å². The Balaban J connectivity index is 1.87. The predicted molar refractivity (Wildman–Crippen MR) is 94.0 cm³/mol. The molecular formula is C16H26IN3O. The Morgan fingerprint density at radius 3 is 2.86 bits per heavy atom. The van der Waals surface area contributed by atoms with Crippen LogP contribution in [0.15, 0.2) is 12.4 Å². The van der Waals surface area contributed by atoms with Crippen LogP contribution in [0, 0.1) is 5.92 Å². The SMILES string of the molecule is CC(I)C(=O)CN1CCCC(Cn2cc(C(C)C)cn2)C1. The van der Waals surface area contributed by atoms with Gasteiger partial charge in [0.2, 0.25) is 0 Å². The Labute approximate surface area is 141 Å². The highest BCUT2D eigenvalue weighted by atomic mass is 127. The molecule has 0 amide bonds. The van der Waals surface area contributed by atoms with Crippen molar-refractivity contribution < 1.29 is 4.79 Å². The second kappa shape index (κ2) is 7.72. The van der Waals surface area contributed by atoms with Gasteiger partial charge in [-0.2, -0.15) is 5.10 Å². The summed E-state index contributed by atoms with van der Waals surface area (Å²) in [6.45, 7) is 10.0. The van der Waals surface area contributed by atoms with E-state index in [1.54, 1.807) is 0 Å². The fourth-order valence-electron chi connectivity index (χ4n) is 2.83. The largest absolute Gasteiger partial charge is 0.297 e. The second-order valence-electron chi connectivity index (χ2n) is 6.48. The van der Waals surface area contributed by atoms with Gasteiger partial charge in [0.1, 0.15) is 0 Å². The summed E-state index contributed by atoms with van der Waals surface area (Å²) in [5, 5.41) is 4.48. The molecule has 0 aliphatic carbocycles. The van der Waals surface area contributed by atoms with Crippen molar-refractivity contribution in [3.05, 3.63) is 18.0 Å². The van der Waals surface area contributed by atoms with Crippen molar-refractivity contribution in [2.45, 2.75) is 50.0 Å². The van der Waals surface area contributed by atoms with E-state index in [1.165, 1.54) is 18.4 Å². The van der Waals surface area contributed by atoms with Gasteiger partial charge in [0.15, 0.2) is 5.78 Å². The number of carbonyl (C=O) groups is 1. The number of hydrogen-bond acceptors (Lipinski definition) is 3. The van der Waals surface area contributed by atoms with E-state index in [4.69, 9.17) is 0 Å². The number of nitrogens with zero attached hydrogens (tertiary/aromatic N) is 3. The Morgan fingerprint density at radius 2 is 2.24 bits per heavy atom. The van der Waals surface area contributed by atoms with Crippen molar-refractivity contribution in [2.24, 2.45) is 5.92 Å². The van der Waals surface area contributed by atoms with Gasteiger partial charge in [-0.05, 0) is 43.7 Å². The van der Waals surface area contributed by atoms with Crippen LogP contribution in [0.2, 0.25) is 0 Å². The first kappa shape index (κ1) is 16.9. The number of carbonyl (C=O) groups excluding carboxylic acids is 1. The third-order valence-corrected chi connectivity index (χ3v) is 4.89. The zero-order chi connectivity index (χ0) is 15.4. The highest BCUT2D eigenvalue weighted by Gasteiger charge is 2.23. The Kier molecular flexibility index (Phi) is 6.22. The number of halogens is 1.